The van der Waals surface area contributed by atoms with Gasteiger partial charge in [0.05, 0.1) is 6.54 Å². The highest BCUT2D eigenvalue weighted by molar-refractivity contribution is 7.99. The van der Waals surface area contributed by atoms with E-state index < -0.39 is 0 Å². The number of nitrogens with zero attached hydrogens (tertiary/aromatic N) is 3. The van der Waals surface area contributed by atoms with Gasteiger partial charge < -0.3 is 5.32 Å². The lowest BCUT2D eigenvalue weighted by Gasteiger charge is -2.34. The van der Waals surface area contributed by atoms with Gasteiger partial charge in [0.1, 0.15) is 6.04 Å². The van der Waals surface area contributed by atoms with Gasteiger partial charge in [0.2, 0.25) is 5.91 Å². The van der Waals surface area contributed by atoms with Crippen molar-refractivity contribution in [2.75, 3.05) is 24.6 Å². The Morgan fingerprint density at radius 2 is 2.00 bits per heavy atom. The van der Waals surface area contributed by atoms with E-state index in [1.54, 1.807) is 6.20 Å². The Morgan fingerprint density at radius 1 is 1.25 bits per heavy atom. The zero-order chi connectivity index (χ0) is 16.8. The van der Waals surface area contributed by atoms with E-state index >= 15 is 0 Å². The summed E-state index contributed by atoms with van der Waals surface area (Å²) in [5.74, 6) is 2.24. The summed E-state index contributed by atoms with van der Waals surface area (Å²) in [6.45, 7) is 4.60. The molecule has 1 saturated heterocycles. The molecule has 1 N–H and O–H groups in total. The van der Waals surface area contributed by atoms with Crippen molar-refractivity contribution < 1.29 is 4.79 Å². The quantitative estimate of drug-likeness (QED) is 0.873. The second-order valence-electron chi connectivity index (χ2n) is 6.10. The van der Waals surface area contributed by atoms with E-state index in [1.165, 1.54) is 0 Å². The van der Waals surface area contributed by atoms with Crippen LogP contribution < -0.4 is 5.32 Å². The van der Waals surface area contributed by atoms with Gasteiger partial charge in [0.25, 0.3) is 0 Å². The molecule has 2 aromatic rings. The van der Waals surface area contributed by atoms with E-state index in [2.05, 4.69) is 15.3 Å². The number of hydrogen-bond acceptors (Lipinski definition) is 4. The molecule has 24 heavy (non-hydrogen) atoms. The van der Waals surface area contributed by atoms with Crippen molar-refractivity contribution in [3.8, 4) is 0 Å². The Bertz CT molecular complexity index is 626. The summed E-state index contributed by atoms with van der Waals surface area (Å²) in [7, 11) is 0. The van der Waals surface area contributed by atoms with Crippen LogP contribution in [0.1, 0.15) is 18.5 Å². The van der Waals surface area contributed by atoms with Gasteiger partial charge in [0.15, 0.2) is 0 Å². The number of aromatic nitrogens is 2. The largest absolute Gasteiger partial charge is 0.350 e. The molecular formula is C18H24N4OS. The summed E-state index contributed by atoms with van der Waals surface area (Å²) in [5, 5.41) is 7.37. The van der Waals surface area contributed by atoms with Crippen LogP contribution in [0.15, 0.2) is 48.8 Å². The molecular weight excluding hydrogens is 320 g/mol. The Morgan fingerprint density at radius 3 is 2.67 bits per heavy atom. The van der Waals surface area contributed by atoms with Crippen LogP contribution in [0.3, 0.4) is 0 Å². The summed E-state index contributed by atoms with van der Waals surface area (Å²) in [6.07, 6.45) is 3.67. The molecule has 0 bridgehead atoms. The summed E-state index contributed by atoms with van der Waals surface area (Å²) < 4.78 is 1.85. The molecule has 1 aliphatic heterocycles. The third-order valence-electron chi connectivity index (χ3n) is 4.18. The third-order valence-corrected chi connectivity index (χ3v) is 5.13. The average molecular weight is 344 g/mol. The molecule has 6 heteroatoms. The smallest absolute Gasteiger partial charge is 0.242 e. The molecule has 2 atom stereocenters. The lowest BCUT2D eigenvalue weighted by molar-refractivity contribution is -0.127. The van der Waals surface area contributed by atoms with E-state index in [9.17, 15) is 4.79 Å². The normalized spacial score (nSPS) is 18.0. The molecule has 2 heterocycles. The van der Waals surface area contributed by atoms with Crippen molar-refractivity contribution in [3.05, 3.63) is 54.4 Å². The number of rotatable bonds is 6. The predicted octanol–water partition coefficient (Wildman–Crippen LogP) is 2.18. The third kappa shape index (κ3) is 4.39. The highest BCUT2D eigenvalue weighted by Gasteiger charge is 2.29. The van der Waals surface area contributed by atoms with Crippen LogP contribution in [0.5, 0.6) is 0 Å². The molecule has 0 unspecified atom stereocenters. The second kappa shape index (κ2) is 8.35. The lowest BCUT2D eigenvalue weighted by Crippen LogP contribution is -2.47. The van der Waals surface area contributed by atoms with Gasteiger partial charge in [-0.3, -0.25) is 14.4 Å². The molecule has 1 aliphatic rings. The van der Waals surface area contributed by atoms with Crippen LogP contribution in [0.4, 0.5) is 0 Å². The topological polar surface area (TPSA) is 50.2 Å². The average Bonchev–Trinajstić information content (AvgIpc) is 3.10. The minimum Gasteiger partial charge on any atom is -0.350 e. The molecule has 1 aromatic heterocycles. The lowest BCUT2D eigenvalue weighted by atomic mass is 10.0. The predicted molar refractivity (Wildman–Crippen MR) is 97.9 cm³/mol. The summed E-state index contributed by atoms with van der Waals surface area (Å²) in [4.78, 5) is 15.3. The van der Waals surface area contributed by atoms with E-state index in [4.69, 9.17) is 0 Å². The van der Waals surface area contributed by atoms with Crippen molar-refractivity contribution in [3.63, 3.8) is 0 Å². The number of thioether (sulfide) groups is 1. The van der Waals surface area contributed by atoms with Crippen LogP contribution >= 0.6 is 11.8 Å². The van der Waals surface area contributed by atoms with E-state index in [0.29, 0.717) is 6.54 Å². The number of amides is 1. The Labute approximate surface area is 147 Å². The Hall–Kier alpha value is -1.79. The van der Waals surface area contributed by atoms with Gasteiger partial charge in [-0.15, -0.1) is 0 Å². The van der Waals surface area contributed by atoms with Gasteiger partial charge in [-0.05, 0) is 18.6 Å². The monoisotopic (exact) mass is 344 g/mol. The van der Waals surface area contributed by atoms with Crippen LogP contribution in [0.25, 0.3) is 0 Å². The Kier molecular flexibility index (Phi) is 5.93. The summed E-state index contributed by atoms with van der Waals surface area (Å²) in [6, 6.07) is 11.8. The molecule has 0 spiro atoms. The molecule has 0 aliphatic carbocycles. The van der Waals surface area contributed by atoms with Gasteiger partial charge in [-0.1, -0.05) is 30.3 Å². The number of carbonyl (C=O) groups is 1. The second-order valence-corrected chi connectivity index (χ2v) is 7.32. The maximum absolute atomic E-state index is 13.0. The van der Waals surface area contributed by atoms with E-state index in [1.807, 2.05) is 66.0 Å². The van der Waals surface area contributed by atoms with Crippen LogP contribution in [-0.2, 0) is 11.3 Å². The van der Waals surface area contributed by atoms with Crippen LogP contribution in [-0.4, -0.2) is 51.2 Å². The molecule has 1 amide bonds. The molecule has 0 radical (unpaired) electrons. The number of benzene rings is 1. The molecule has 128 valence electrons. The molecule has 1 aromatic carbocycles. The fourth-order valence-electron chi connectivity index (χ4n) is 3.06. The highest BCUT2D eigenvalue weighted by atomic mass is 32.2. The van der Waals surface area contributed by atoms with Crippen molar-refractivity contribution in [2.45, 2.75) is 25.6 Å². The SMILES string of the molecule is C[C@@H](Cn1cccn1)NC(=O)[C@H](c1ccccc1)N1CCSCC1. The minimum atomic E-state index is -0.216. The van der Waals surface area contributed by atoms with E-state index in [-0.39, 0.29) is 18.0 Å². The van der Waals surface area contributed by atoms with Gasteiger partial charge in [-0.2, -0.15) is 16.9 Å². The van der Waals surface area contributed by atoms with Gasteiger partial charge in [-0.25, -0.2) is 0 Å². The first-order valence-corrected chi connectivity index (χ1v) is 9.54. The first kappa shape index (κ1) is 17.0. The molecule has 0 saturated carbocycles. The van der Waals surface area contributed by atoms with Crippen molar-refractivity contribution >= 4 is 17.7 Å². The molecule has 3 rings (SSSR count). The fourth-order valence-corrected chi connectivity index (χ4v) is 3.99. The summed E-state index contributed by atoms with van der Waals surface area (Å²) in [5.41, 5.74) is 1.06. The Balaban J connectivity index is 1.70. The molecule has 1 fully saturated rings. The maximum atomic E-state index is 13.0. The minimum absolute atomic E-state index is 0.0303. The van der Waals surface area contributed by atoms with Crippen LogP contribution in [0, 0.1) is 0 Å². The highest BCUT2D eigenvalue weighted by Crippen LogP contribution is 2.24. The molecule has 5 nitrogen and oxygen atoms in total. The zero-order valence-electron chi connectivity index (χ0n) is 14.0. The van der Waals surface area contributed by atoms with Crippen molar-refractivity contribution in [1.29, 1.82) is 0 Å². The van der Waals surface area contributed by atoms with Crippen LogP contribution in [0.2, 0.25) is 0 Å². The van der Waals surface area contributed by atoms with Crippen molar-refractivity contribution in [2.24, 2.45) is 0 Å². The maximum Gasteiger partial charge on any atom is 0.242 e. The summed E-state index contributed by atoms with van der Waals surface area (Å²) >= 11 is 1.95. The van der Waals surface area contributed by atoms with E-state index in [0.717, 1.165) is 30.2 Å². The van der Waals surface area contributed by atoms with Crippen molar-refractivity contribution in [1.82, 2.24) is 20.0 Å². The number of carbonyl (C=O) groups excluding carboxylic acids is 1. The number of nitrogens with one attached hydrogen (secondary N) is 1. The van der Waals surface area contributed by atoms with Gasteiger partial charge >= 0.3 is 0 Å². The zero-order valence-corrected chi connectivity index (χ0v) is 14.8. The van der Waals surface area contributed by atoms with Gasteiger partial charge in [0, 0.05) is 43.0 Å². The standard InChI is InChI=1S/C18H24N4OS/c1-15(14-22-9-5-8-19-22)20-18(23)17(16-6-3-2-4-7-16)21-10-12-24-13-11-21/h2-9,15,17H,10-14H2,1H3,(H,20,23)/t15-,17-/m0/s1. The number of hydrogen-bond donors (Lipinski definition) is 1. The first-order chi connectivity index (χ1) is 11.7. The first-order valence-electron chi connectivity index (χ1n) is 8.38. The fraction of sp³-hybridized carbons (Fsp3) is 0.444.